The van der Waals surface area contributed by atoms with E-state index in [2.05, 4.69) is 49.9 Å². The monoisotopic (exact) mass is 459 g/mol. The van der Waals surface area contributed by atoms with E-state index in [1.165, 1.54) is 12.2 Å². The fourth-order valence-corrected chi connectivity index (χ4v) is 4.09. The molecule has 1 atom stereocenters. The maximum atomic E-state index is 4.62. The molecule has 0 radical (unpaired) electrons. The summed E-state index contributed by atoms with van der Waals surface area (Å²) in [7, 11) is 1.87. The Balaban J connectivity index is 0.00000208. The maximum absolute atomic E-state index is 4.62. The van der Waals surface area contributed by atoms with Gasteiger partial charge in [-0.3, -0.25) is 4.99 Å². The molecular formula is C17H26IN5S. The van der Waals surface area contributed by atoms with Crippen LogP contribution in [0, 0.1) is 0 Å². The number of H-pyrrole nitrogens is 1. The van der Waals surface area contributed by atoms with Crippen molar-refractivity contribution in [2.24, 2.45) is 4.99 Å². The fourth-order valence-electron chi connectivity index (χ4n) is 2.91. The van der Waals surface area contributed by atoms with Crippen LogP contribution >= 0.6 is 35.7 Å². The molecule has 0 bridgehead atoms. The molecule has 2 heterocycles. The number of para-hydroxylation sites is 2. The summed E-state index contributed by atoms with van der Waals surface area (Å²) in [6.45, 7) is 5.27. The third-order valence-corrected chi connectivity index (χ3v) is 5.56. The predicted molar refractivity (Wildman–Crippen MR) is 115 cm³/mol. The summed E-state index contributed by atoms with van der Waals surface area (Å²) in [5.74, 6) is 3.22. The Kier molecular flexibility index (Phi) is 7.67. The topological polar surface area (TPSA) is 56.3 Å². The van der Waals surface area contributed by atoms with Crippen molar-refractivity contribution in [1.82, 2.24) is 20.2 Å². The number of imidazole rings is 1. The number of guanidine groups is 1. The lowest BCUT2D eigenvalue weighted by molar-refractivity contribution is 0.408. The Bertz CT molecular complexity index is 639. The minimum atomic E-state index is 0. The van der Waals surface area contributed by atoms with Crippen molar-refractivity contribution in [2.45, 2.75) is 25.0 Å². The average Bonchev–Trinajstić information content (AvgIpc) is 3.01. The molecular weight excluding hydrogens is 433 g/mol. The number of nitrogens with one attached hydrogen (secondary N) is 2. The lowest BCUT2D eigenvalue weighted by Crippen LogP contribution is -2.48. The zero-order valence-corrected chi connectivity index (χ0v) is 17.4. The van der Waals surface area contributed by atoms with Crippen LogP contribution in [-0.4, -0.2) is 58.5 Å². The summed E-state index contributed by atoms with van der Waals surface area (Å²) >= 11 is 2.08. The van der Waals surface area contributed by atoms with Gasteiger partial charge in [-0.2, -0.15) is 11.8 Å². The number of halogens is 1. The molecule has 0 spiro atoms. The molecule has 24 heavy (non-hydrogen) atoms. The molecule has 2 N–H and O–H groups in total. The molecule has 0 amide bonds. The largest absolute Gasteiger partial charge is 0.356 e. The second-order valence-corrected chi connectivity index (χ2v) is 7.18. The first-order valence-electron chi connectivity index (χ1n) is 8.31. The van der Waals surface area contributed by atoms with Crippen molar-refractivity contribution in [3.8, 4) is 0 Å². The van der Waals surface area contributed by atoms with E-state index in [0.717, 1.165) is 54.1 Å². The molecule has 2 aromatic rings. The highest BCUT2D eigenvalue weighted by Gasteiger charge is 2.21. The summed E-state index contributed by atoms with van der Waals surface area (Å²) in [4.78, 5) is 14.8. The molecule has 132 valence electrons. The first-order valence-corrected chi connectivity index (χ1v) is 9.36. The molecule has 1 fully saturated rings. The SMILES string of the molecule is CCC1CN(C(=NC)NCCc2nc3ccccc3[nH]2)CCS1.I. The van der Waals surface area contributed by atoms with E-state index in [4.69, 9.17) is 0 Å². The van der Waals surface area contributed by atoms with Gasteiger partial charge in [0, 0.05) is 44.1 Å². The first kappa shape index (κ1) is 19.4. The summed E-state index contributed by atoms with van der Waals surface area (Å²) in [6, 6.07) is 8.15. The quantitative estimate of drug-likeness (QED) is 0.419. The number of aromatic nitrogens is 2. The zero-order valence-electron chi connectivity index (χ0n) is 14.3. The second-order valence-electron chi connectivity index (χ2n) is 5.77. The Morgan fingerprint density at radius 3 is 3.04 bits per heavy atom. The molecule has 0 saturated carbocycles. The van der Waals surface area contributed by atoms with Gasteiger partial charge < -0.3 is 15.2 Å². The van der Waals surface area contributed by atoms with Gasteiger partial charge >= 0.3 is 0 Å². The first-order chi connectivity index (χ1) is 11.3. The van der Waals surface area contributed by atoms with E-state index in [0.29, 0.717) is 0 Å². The summed E-state index contributed by atoms with van der Waals surface area (Å²) < 4.78 is 0. The van der Waals surface area contributed by atoms with Crippen LogP contribution in [0.1, 0.15) is 19.2 Å². The number of benzene rings is 1. The number of aromatic amines is 1. The van der Waals surface area contributed by atoms with Crippen LogP contribution in [0.2, 0.25) is 0 Å². The van der Waals surface area contributed by atoms with E-state index < -0.39 is 0 Å². The Morgan fingerprint density at radius 1 is 1.46 bits per heavy atom. The van der Waals surface area contributed by atoms with Gasteiger partial charge in [-0.15, -0.1) is 24.0 Å². The van der Waals surface area contributed by atoms with Crippen molar-refractivity contribution >= 4 is 52.7 Å². The highest BCUT2D eigenvalue weighted by Crippen LogP contribution is 2.21. The Morgan fingerprint density at radius 2 is 2.29 bits per heavy atom. The Labute approximate surface area is 165 Å². The van der Waals surface area contributed by atoms with Gasteiger partial charge in [0.15, 0.2) is 5.96 Å². The van der Waals surface area contributed by atoms with Gasteiger partial charge in [-0.05, 0) is 18.6 Å². The average molecular weight is 459 g/mol. The van der Waals surface area contributed by atoms with Crippen molar-refractivity contribution in [3.05, 3.63) is 30.1 Å². The van der Waals surface area contributed by atoms with E-state index >= 15 is 0 Å². The lowest BCUT2D eigenvalue weighted by Gasteiger charge is -2.34. The Hall–Kier alpha value is -0.960. The van der Waals surface area contributed by atoms with Crippen LogP contribution in [-0.2, 0) is 6.42 Å². The van der Waals surface area contributed by atoms with Crippen molar-refractivity contribution < 1.29 is 0 Å². The minimum absolute atomic E-state index is 0. The summed E-state index contributed by atoms with van der Waals surface area (Å²) in [6.07, 6.45) is 2.09. The number of hydrogen-bond acceptors (Lipinski definition) is 3. The van der Waals surface area contributed by atoms with E-state index in [-0.39, 0.29) is 24.0 Å². The number of aliphatic imine (C=N–C) groups is 1. The third kappa shape index (κ3) is 4.78. The normalized spacial score (nSPS) is 18.5. The predicted octanol–water partition coefficient (Wildman–Crippen LogP) is 3.13. The lowest BCUT2D eigenvalue weighted by atomic mass is 10.3. The molecule has 0 aliphatic carbocycles. The number of thioether (sulfide) groups is 1. The van der Waals surface area contributed by atoms with Crippen molar-refractivity contribution in [1.29, 1.82) is 0 Å². The van der Waals surface area contributed by atoms with Crippen LogP contribution < -0.4 is 5.32 Å². The van der Waals surface area contributed by atoms with Crippen LogP contribution in [0.4, 0.5) is 0 Å². The van der Waals surface area contributed by atoms with Crippen LogP contribution in [0.5, 0.6) is 0 Å². The highest BCUT2D eigenvalue weighted by molar-refractivity contribution is 14.0. The number of hydrogen-bond donors (Lipinski definition) is 2. The number of nitrogens with zero attached hydrogens (tertiary/aromatic N) is 3. The fraction of sp³-hybridized carbons (Fsp3) is 0.529. The van der Waals surface area contributed by atoms with Crippen LogP contribution in [0.3, 0.4) is 0 Å². The summed E-state index contributed by atoms with van der Waals surface area (Å²) in [5.41, 5.74) is 2.14. The van der Waals surface area contributed by atoms with Crippen molar-refractivity contribution in [2.75, 3.05) is 32.4 Å². The van der Waals surface area contributed by atoms with Gasteiger partial charge in [0.2, 0.25) is 0 Å². The summed E-state index contributed by atoms with van der Waals surface area (Å²) in [5, 5.41) is 4.20. The van der Waals surface area contributed by atoms with Crippen LogP contribution in [0.15, 0.2) is 29.3 Å². The minimum Gasteiger partial charge on any atom is -0.356 e. The van der Waals surface area contributed by atoms with Crippen LogP contribution in [0.25, 0.3) is 11.0 Å². The van der Waals surface area contributed by atoms with Gasteiger partial charge in [-0.25, -0.2) is 4.98 Å². The van der Waals surface area contributed by atoms with E-state index in [1.54, 1.807) is 0 Å². The molecule has 1 aromatic heterocycles. The molecule has 1 unspecified atom stereocenters. The number of fused-ring (bicyclic) bond motifs is 1. The van der Waals surface area contributed by atoms with Crippen molar-refractivity contribution in [3.63, 3.8) is 0 Å². The van der Waals surface area contributed by atoms with Gasteiger partial charge in [0.1, 0.15) is 5.82 Å². The zero-order chi connectivity index (χ0) is 16.1. The molecule has 1 aromatic carbocycles. The molecule has 5 nitrogen and oxygen atoms in total. The van der Waals surface area contributed by atoms with E-state index in [9.17, 15) is 0 Å². The standard InChI is InChI=1S/C17H25N5S.HI/c1-3-13-12-22(10-11-23-13)17(18-2)19-9-8-16-20-14-6-4-5-7-15(14)21-16;/h4-7,13H,3,8-12H2,1-2H3,(H,18,19)(H,20,21);1H. The second kappa shape index (κ2) is 9.50. The maximum Gasteiger partial charge on any atom is 0.193 e. The molecule has 1 aliphatic rings. The van der Waals surface area contributed by atoms with Gasteiger partial charge in [0.05, 0.1) is 11.0 Å². The number of rotatable bonds is 4. The molecule has 3 rings (SSSR count). The van der Waals surface area contributed by atoms with Gasteiger partial charge in [0.25, 0.3) is 0 Å². The molecule has 1 aliphatic heterocycles. The molecule has 1 saturated heterocycles. The molecule has 7 heteroatoms. The third-order valence-electron chi connectivity index (χ3n) is 4.19. The highest BCUT2D eigenvalue weighted by atomic mass is 127. The van der Waals surface area contributed by atoms with E-state index in [1.807, 2.05) is 25.2 Å². The smallest absolute Gasteiger partial charge is 0.193 e. The van der Waals surface area contributed by atoms with Gasteiger partial charge in [-0.1, -0.05) is 19.1 Å².